The topological polar surface area (TPSA) is 41.1 Å². The smallest absolute Gasteiger partial charge is 0.225 e. The van der Waals surface area contributed by atoms with E-state index in [1.165, 1.54) is 37.3 Å². The molecular formula is C17H23FN2O. The molecule has 0 radical (unpaired) electrons. The number of benzene rings is 1. The highest BCUT2D eigenvalue weighted by molar-refractivity contribution is 5.90. The van der Waals surface area contributed by atoms with Crippen LogP contribution in [0.5, 0.6) is 0 Å². The number of nitrogens with one attached hydrogen (secondary N) is 2. The number of carbonyl (C=O) groups is 1. The van der Waals surface area contributed by atoms with Crippen molar-refractivity contribution in [2.24, 2.45) is 0 Å². The molecule has 114 valence electrons. The maximum atomic E-state index is 13.4. The molecule has 0 unspecified atom stereocenters. The normalized spacial score (nSPS) is 14.6. The van der Waals surface area contributed by atoms with Gasteiger partial charge < -0.3 is 10.6 Å². The Morgan fingerprint density at radius 2 is 2.05 bits per heavy atom. The lowest BCUT2D eigenvalue weighted by molar-refractivity contribution is -0.116. The molecule has 2 N–H and O–H groups in total. The Kier molecular flexibility index (Phi) is 6.41. The molecule has 0 saturated carbocycles. The third-order valence-electron chi connectivity index (χ3n) is 3.68. The lowest BCUT2D eigenvalue weighted by Crippen LogP contribution is -2.23. The zero-order chi connectivity index (χ0) is 14.9. The number of halogens is 1. The van der Waals surface area contributed by atoms with E-state index >= 15 is 0 Å². The Morgan fingerprint density at radius 1 is 1.19 bits per heavy atom. The van der Waals surface area contributed by atoms with Gasteiger partial charge >= 0.3 is 0 Å². The summed E-state index contributed by atoms with van der Waals surface area (Å²) >= 11 is 0. The second-order valence-corrected chi connectivity index (χ2v) is 5.39. The van der Waals surface area contributed by atoms with Crippen molar-refractivity contribution in [3.05, 3.63) is 41.7 Å². The van der Waals surface area contributed by atoms with Crippen LogP contribution in [0.15, 0.2) is 35.9 Å². The van der Waals surface area contributed by atoms with Crippen molar-refractivity contribution in [1.82, 2.24) is 5.32 Å². The molecule has 1 aliphatic rings. The van der Waals surface area contributed by atoms with Crippen LogP contribution in [0.4, 0.5) is 10.1 Å². The Labute approximate surface area is 125 Å². The molecule has 0 heterocycles. The first-order valence-electron chi connectivity index (χ1n) is 7.69. The van der Waals surface area contributed by atoms with Crippen LogP contribution in [0.1, 0.15) is 38.5 Å². The number of carbonyl (C=O) groups excluding carboxylic acids is 1. The van der Waals surface area contributed by atoms with Crippen molar-refractivity contribution in [2.75, 3.05) is 18.4 Å². The molecule has 3 nitrogen and oxygen atoms in total. The number of hydrogen-bond donors (Lipinski definition) is 2. The molecule has 0 aliphatic heterocycles. The molecular weight excluding hydrogens is 267 g/mol. The number of rotatable bonds is 7. The van der Waals surface area contributed by atoms with Gasteiger partial charge in [-0.1, -0.05) is 23.8 Å². The molecule has 0 spiro atoms. The van der Waals surface area contributed by atoms with E-state index in [4.69, 9.17) is 0 Å². The highest BCUT2D eigenvalue weighted by Gasteiger charge is 2.06. The Morgan fingerprint density at radius 3 is 2.81 bits per heavy atom. The van der Waals surface area contributed by atoms with E-state index in [9.17, 15) is 9.18 Å². The first kappa shape index (κ1) is 15.7. The van der Waals surface area contributed by atoms with E-state index in [1.54, 1.807) is 18.2 Å². The van der Waals surface area contributed by atoms with E-state index in [0.29, 0.717) is 13.0 Å². The molecule has 4 heteroatoms. The standard InChI is InChI=1S/C17H23FN2O/c18-15-8-4-5-9-16(15)20-17(21)11-13-19-12-10-14-6-2-1-3-7-14/h4-6,8-9,19H,1-3,7,10-13H2,(H,20,21). The summed E-state index contributed by atoms with van der Waals surface area (Å²) in [5.41, 5.74) is 1.78. The van der Waals surface area contributed by atoms with Gasteiger partial charge in [0.2, 0.25) is 5.91 Å². The molecule has 0 atom stereocenters. The summed E-state index contributed by atoms with van der Waals surface area (Å²) < 4.78 is 13.4. The van der Waals surface area contributed by atoms with Gasteiger partial charge in [0.25, 0.3) is 0 Å². The number of hydrogen-bond acceptors (Lipinski definition) is 2. The van der Waals surface area contributed by atoms with Gasteiger partial charge in [0, 0.05) is 13.0 Å². The van der Waals surface area contributed by atoms with Gasteiger partial charge in [0.15, 0.2) is 0 Å². The number of para-hydroxylation sites is 1. The molecule has 1 aromatic rings. The summed E-state index contributed by atoms with van der Waals surface area (Å²) in [4.78, 5) is 11.7. The van der Waals surface area contributed by atoms with Crippen molar-refractivity contribution >= 4 is 11.6 Å². The molecule has 0 saturated heterocycles. The van der Waals surface area contributed by atoms with Crippen molar-refractivity contribution < 1.29 is 9.18 Å². The van der Waals surface area contributed by atoms with Gasteiger partial charge in [-0.2, -0.15) is 0 Å². The van der Waals surface area contributed by atoms with Crippen LogP contribution in [0.25, 0.3) is 0 Å². The predicted octanol–water partition coefficient (Wildman–Crippen LogP) is 3.63. The Bertz CT molecular complexity index is 499. The van der Waals surface area contributed by atoms with Crippen LogP contribution in [0.2, 0.25) is 0 Å². The van der Waals surface area contributed by atoms with Crippen LogP contribution in [-0.2, 0) is 4.79 Å². The third kappa shape index (κ3) is 5.68. The van der Waals surface area contributed by atoms with E-state index in [1.807, 2.05) is 0 Å². The quantitative estimate of drug-likeness (QED) is 0.594. The van der Waals surface area contributed by atoms with Crippen molar-refractivity contribution in [3.8, 4) is 0 Å². The summed E-state index contributed by atoms with van der Waals surface area (Å²) in [6, 6.07) is 6.21. The minimum absolute atomic E-state index is 0.163. The monoisotopic (exact) mass is 290 g/mol. The number of amides is 1. The predicted molar refractivity (Wildman–Crippen MR) is 83.7 cm³/mol. The van der Waals surface area contributed by atoms with Crippen LogP contribution in [0, 0.1) is 5.82 Å². The van der Waals surface area contributed by atoms with E-state index < -0.39 is 5.82 Å². The molecule has 1 amide bonds. The summed E-state index contributed by atoms with van der Waals surface area (Å²) in [6.45, 7) is 1.52. The summed E-state index contributed by atoms with van der Waals surface area (Å²) in [6.07, 6.45) is 8.80. The van der Waals surface area contributed by atoms with Crippen LogP contribution in [-0.4, -0.2) is 19.0 Å². The molecule has 1 aliphatic carbocycles. The molecule has 1 aromatic carbocycles. The number of anilines is 1. The van der Waals surface area contributed by atoms with Gasteiger partial charge in [-0.05, 0) is 50.8 Å². The molecule has 0 fully saturated rings. The van der Waals surface area contributed by atoms with Gasteiger partial charge in [0.05, 0.1) is 5.69 Å². The SMILES string of the molecule is O=C(CCNCCC1=CCCCC1)Nc1ccccc1F. The maximum Gasteiger partial charge on any atom is 0.225 e. The summed E-state index contributed by atoms with van der Waals surface area (Å²) in [7, 11) is 0. The molecule has 21 heavy (non-hydrogen) atoms. The van der Waals surface area contributed by atoms with Gasteiger partial charge in [-0.15, -0.1) is 0 Å². The summed E-state index contributed by atoms with van der Waals surface area (Å²) in [5.74, 6) is -0.562. The minimum Gasteiger partial charge on any atom is -0.324 e. The lowest BCUT2D eigenvalue weighted by atomic mass is 9.97. The zero-order valence-corrected chi connectivity index (χ0v) is 12.3. The fraction of sp³-hybridized carbons (Fsp3) is 0.471. The van der Waals surface area contributed by atoms with Crippen LogP contribution >= 0.6 is 0 Å². The highest BCUT2D eigenvalue weighted by atomic mass is 19.1. The molecule has 0 aromatic heterocycles. The third-order valence-corrected chi connectivity index (χ3v) is 3.68. The van der Waals surface area contributed by atoms with Gasteiger partial charge in [-0.3, -0.25) is 4.79 Å². The first-order chi connectivity index (χ1) is 10.3. The second-order valence-electron chi connectivity index (χ2n) is 5.39. The fourth-order valence-corrected chi connectivity index (χ4v) is 2.48. The average Bonchev–Trinajstić information content (AvgIpc) is 2.50. The van der Waals surface area contributed by atoms with Crippen LogP contribution < -0.4 is 10.6 Å². The molecule has 2 rings (SSSR count). The lowest BCUT2D eigenvalue weighted by Gasteiger charge is -2.13. The van der Waals surface area contributed by atoms with E-state index in [2.05, 4.69) is 16.7 Å². The van der Waals surface area contributed by atoms with E-state index in [0.717, 1.165) is 13.0 Å². The minimum atomic E-state index is -0.400. The second kappa shape index (κ2) is 8.57. The Hall–Kier alpha value is -1.68. The highest BCUT2D eigenvalue weighted by Crippen LogP contribution is 2.19. The summed E-state index contributed by atoms with van der Waals surface area (Å²) in [5, 5.41) is 5.85. The van der Waals surface area contributed by atoms with E-state index in [-0.39, 0.29) is 11.6 Å². The Balaban J connectivity index is 1.59. The zero-order valence-electron chi connectivity index (χ0n) is 12.3. The van der Waals surface area contributed by atoms with Crippen LogP contribution in [0.3, 0.4) is 0 Å². The first-order valence-corrected chi connectivity index (χ1v) is 7.69. The average molecular weight is 290 g/mol. The van der Waals surface area contributed by atoms with Gasteiger partial charge in [-0.25, -0.2) is 4.39 Å². The van der Waals surface area contributed by atoms with Crippen molar-refractivity contribution in [3.63, 3.8) is 0 Å². The van der Waals surface area contributed by atoms with Crippen molar-refractivity contribution in [2.45, 2.75) is 38.5 Å². The fourth-order valence-electron chi connectivity index (χ4n) is 2.48. The van der Waals surface area contributed by atoms with Gasteiger partial charge in [0.1, 0.15) is 5.82 Å². The van der Waals surface area contributed by atoms with Crippen molar-refractivity contribution in [1.29, 1.82) is 0 Å². The maximum absolute atomic E-state index is 13.4. The number of allylic oxidation sites excluding steroid dienone is 1. The molecule has 0 bridgehead atoms. The largest absolute Gasteiger partial charge is 0.324 e.